The Balaban J connectivity index is 1.74. The van der Waals surface area contributed by atoms with E-state index >= 15 is 0 Å². The van der Waals surface area contributed by atoms with Crippen molar-refractivity contribution in [1.29, 1.82) is 0 Å². The number of nitrogens with one attached hydrogen (secondary N) is 2. The summed E-state index contributed by atoms with van der Waals surface area (Å²) in [7, 11) is 0. The number of nitrogens with zero attached hydrogens (tertiary/aromatic N) is 3. The highest BCUT2D eigenvalue weighted by atomic mass is 16.5. The van der Waals surface area contributed by atoms with Gasteiger partial charge in [0.05, 0.1) is 19.5 Å². The van der Waals surface area contributed by atoms with Gasteiger partial charge in [0.25, 0.3) is 0 Å². The topological polar surface area (TPSA) is 71.4 Å². The van der Waals surface area contributed by atoms with Crippen LogP contribution in [0.3, 0.4) is 0 Å². The first-order valence-corrected chi connectivity index (χ1v) is 8.38. The average molecular weight is 323 g/mol. The number of rotatable bonds is 7. The van der Waals surface area contributed by atoms with Crippen molar-refractivity contribution < 1.29 is 9.53 Å². The molecule has 0 radical (unpaired) electrons. The quantitative estimate of drug-likeness (QED) is 0.783. The SMILES string of the molecule is CC(C)[C@@H](CNC(=O)N[C@@H](C)Cn1ccnc1)N1CCOCC1. The molecule has 1 aromatic heterocycles. The van der Waals surface area contributed by atoms with Gasteiger partial charge in [-0.25, -0.2) is 9.78 Å². The number of hydrogen-bond donors (Lipinski definition) is 2. The van der Waals surface area contributed by atoms with Gasteiger partial charge in [0.2, 0.25) is 0 Å². The Bertz CT molecular complexity index is 457. The first-order valence-electron chi connectivity index (χ1n) is 8.38. The number of imidazole rings is 1. The number of aromatic nitrogens is 2. The fourth-order valence-electron chi connectivity index (χ4n) is 2.92. The highest BCUT2D eigenvalue weighted by Crippen LogP contribution is 2.12. The summed E-state index contributed by atoms with van der Waals surface area (Å²) in [6, 6.07) is 0.273. The van der Waals surface area contributed by atoms with Crippen LogP contribution in [-0.2, 0) is 11.3 Å². The van der Waals surface area contributed by atoms with E-state index in [9.17, 15) is 4.79 Å². The van der Waals surface area contributed by atoms with Gasteiger partial charge in [-0.3, -0.25) is 4.90 Å². The maximum atomic E-state index is 12.1. The second kappa shape index (κ2) is 8.88. The molecule has 23 heavy (non-hydrogen) atoms. The lowest BCUT2D eigenvalue weighted by Gasteiger charge is -2.37. The van der Waals surface area contributed by atoms with Crippen molar-refractivity contribution >= 4 is 6.03 Å². The van der Waals surface area contributed by atoms with Crippen LogP contribution < -0.4 is 10.6 Å². The fraction of sp³-hybridized carbons (Fsp3) is 0.750. The van der Waals surface area contributed by atoms with Crippen LogP contribution in [0.5, 0.6) is 0 Å². The molecule has 7 nitrogen and oxygen atoms in total. The third-order valence-electron chi connectivity index (χ3n) is 4.18. The van der Waals surface area contributed by atoms with E-state index in [0.29, 0.717) is 25.0 Å². The van der Waals surface area contributed by atoms with Gasteiger partial charge in [-0.1, -0.05) is 13.8 Å². The molecular formula is C16H29N5O2. The van der Waals surface area contributed by atoms with E-state index < -0.39 is 0 Å². The molecule has 1 saturated heterocycles. The van der Waals surface area contributed by atoms with Gasteiger partial charge >= 0.3 is 6.03 Å². The minimum absolute atomic E-state index is 0.0464. The Morgan fingerprint density at radius 1 is 1.30 bits per heavy atom. The minimum atomic E-state index is -0.114. The largest absolute Gasteiger partial charge is 0.379 e. The van der Waals surface area contributed by atoms with Crippen molar-refractivity contribution in [3.8, 4) is 0 Å². The van der Waals surface area contributed by atoms with E-state index in [1.54, 1.807) is 12.5 Å². The van der Waals surface area contributed by atoms with Crippen LogP contribution in [-0.4, -0.2) is 65.4 Å². The van der Waals surface area contributed by atoms with Gasteiger partial charge < -0.3 is 19.9 Å². The summed E-state index contributed by atoms with van der Waals surface area (Å²) in [6.45, 7) is 11.2. The number of urea groups is 1. The van der Waals surface area contributed by atoms with Crippen molar-refractivity contribution in [3.63, 3.8) is 0 Å². The van der Waals surface area contributed by atoms with Crippen molar-refractivity contribution in [3.05, 3.63) is 18.7 Å². The van der Waals surface area contributed by atoms with E-state index in [-0.39, 0.29) is 12.1 Å². The van der Waals surface area contributed by atoms with E-state index in [1.165, 1.54) is 0 Å². The molecule has 0 spiro atoms. The summed E-state index contributed by atoms with van der Waals surface area (Å²) >= 11 is 0. The minimum Gasteiger partial charge on any atom is -0.379 e. The second-order valence-corrected chi connectivity index (χ2v) is 6.47. The Labute approximate surface area is 138 Å². The summed E-state index contributed by atoms with van der Waals surface area (Å²) < 4.78 is 7.36. The van der Waals surface area contributed by atoms with Crippen molar-refractivity contribution in [2.24, 2.45) is 5.92 Å². The Kier molecular flexibility index (Phi) is 6.85. The smallest absolute Gasteiger partial charge is 0.315 e. The molecular weight excluding hydrogens is 294 g/mol. The number of hydrogen-bond acceptors (Lipinski definition) is 4. The van der Waals surface area contributed by atoms with E-state index in [4.69, 9.17) is 4.74 Å². The molecule has 0 saturated carbocycles. The molecule has 2 N–H and O–H groups in total. The van der Waals surface area contributed by atoms with Gasteiger partial charge in [0.15, 0.2) is 0 Å². The molecule has 2 atom stereocenters. The lowest BCUT2D eigenvalue weighted by molar-refractivity contribution is 0.00718. The third-order valence-corrected chi connectivity index (χ3v) is 4.18. The maximum Gasteiger partial charge on any atom is 0.315 e. The number of carbonyl (C=O) groups excluding carboxylic acids is 1. The molecule has 1 aliphatic heterocycles. The van der Waals surface area contributed by atoms with Gasteiger partial charge in [-0.2, -0.15) is 0 Å². The molecule has 0 bridgehead atoms. The van der Waals surface area contributed by atoms with Gasteiger partial charge in [0.1, 0.15) is 0 Å². The number of amides is 2. The van der Waals surface area contributed by atoms with Crippen molar-refractivity contribution in [2.75, 3.05) is 32.8 Å². The number of ether oxygens (including phenoxy) is 1. The first kappa shape index (κ1) is 17.7. The summed E-state index contributed by atoms with van der Waals surface area (Å²) in [5.41, 5.74) is 0. The number of morpholine rings is 1. The lowest BCUT2D eigenvalue weighted by Crippen LogP contribution is -2.53. The second-order valence-electron chi connectivity index (χ2n) is 6.47. The van der Waals surface area contributed by atoms with Crippen LogP contribution in [0.4, 0.5) is 4.79 Å². The zero-order valence-electron chi connectivity index (χ0n) is 14.4. The standard InChI is InChI=1S/C16H29N5O2/c1-13(2)15(21-6-8-23-9-7-21)10-18-16(22)19-14(3)11-20-5-4-17-12-20/h4-5,12-15H,6-11H2,1-3H3,(H2,18,19,22)/t14-,15+/m0/s1. The van der Waals surface area contributed by atoms with E-state index in [2.05, 4.69) is 34.4 Å². The predicted molar refractivity (Wildman–Crippen MR) is 89.2 cm³/mol. The van der Waals surface area contributed by atoms with E-state index in [1.807, 2.05) is 17.7 Å². The summed E-state index contributed by atoms with van der Waals surface area (Å²) in [4.78, 5) is 18.5. The molecule has 0 aliphatic carbocycles. The zero-order chi connectivity index (χ0) is 16.7. The maximum absolute atomic E-state index is 12.1. The predicted octanol–water partition coefficient (Wildman–Crippen LogP) is 0.928. The molecule has 130 valence electrons. The first-order chi connectivity index (χ1) is 11.1. The van der Waals surface area contributed by atoms with E-state index in [0.717, 1.165) is 26.3 Å². The third kappa shape index (κ3) is 5.84. The molecule has 2 heterocycles. The molecule has 2 rings (SSSR count). The van der Waals surface area contributed by atoms with Crippen LogP contribution in [0.25, 0.3) is 0 Å². The molecule has 7 heteroatoms. The van der Waals surface area contributed by atoms with Gasteiger partial charge in [-0.05, 0) is 12.8 Å². The molecule has 1 fully saturated rings. The average Bonchev–Trinajstić information content (AvgIpc) is 3.00. The molecule has 1 aromatic rings. The Morgan fingerprint density at radius 3 is 2.65 bits per heavy atom. The molecule has 1 aliphatic rings. The van der Waals surface area contributed by atoms with Gasteiger partial charge in [0, 0.05) is 50.7 Å². The Morgan fingerprint density at radius 2 is 2.04 bits per heavy atom. The van der Waals surface area contributed by atoms with Crippen LogP contribution in [0.15, 0.2) is 18.7 Å². The van der Waals surface area contributed by atoms with Crippen molar-refractivity contribution in [1.82, 2.24) is 25.1 Å². The fourth-order valence-corrected chi connectivity index (χ4v) is 2.92. The lowest BCUT2D eigenvalue weighted by atomic mass is 10.0. The highest BCUT2D eigenvalue weighted by Gasteiger charge is 2.24. The molecule has 0 aromatic carbocycles. The summed E-state index contributed by atoms with van der Waals surface area (Å²) in [5.74, 6) is 0.483. The van der Waals surface area contributed by atoms with Crippen molar-refractivity contribution in [2.45, 2.75) is 39.4 Å². The normalized spacial score (nSPS) is 18.6. The monoisotopic (exact) mass is 323 g/mol. The summed E-state index contributed by atoms with van der Waals surface area (Å²) in [5, 5.41) is 5.99. The Hall–Kier alpha value is -1.60. The van der Waals surface area contributed by atoms with Gasteiger partial charge in [-0.15, -0.1) is 0 Å². The molecule has 0 unspecified atom stereocenters. The highest BCUT2D eigenvalue weighted by molar-refractivity contribution is 5.74. The van der Waals surface area contributed by atoms with Crippen LogP contribution in [0.2, 0.25) is 0 Å². The van der Waals surface area contributed by atoms with Crippen LogP contribution in [0.1, 0.15) is 20.8 Å². The zero-order valence-corrected chi connectivity index (χ0v) is 14.4. The summed E-state index contributed by atoms with van der Waals surface area (Å²) in [6.07, 6.45) is 5.38. The van der Waals surface area contributed by atoms with Crippen LogP contribution in [0, 0.1) is 5.92 Å². The molecule has 2 amide bonds. The number of carbonyl (C=O) groups is 1. The van der Waals surface area contributed by atoms with Crippen LogP contribution >= 0.6 is 0 Å².